The van der Waals surface area contributed by atoms with Gasteiger partial charge < -0.3 is 9.84 Å². The van der Waals surface area contributed by atoms with Crippen LogP contribution in [0.25, 0.3) is 11.1 Å². The highest BCUT2D eigenvalue weighted by Crippen LogP contribution is 2.44. The van der Waals surface area contributed by atoms with E-state index in [-0.39, 0.29) is 12.5 Å². The number of halogens is 1. The van der Waals surface area contributed by atoms with Gasteiger partial charge in [0.2, 0.25) is 0 Å². The topological polar surface area (TPSA) is 66.8 Å². The number of ether oxygens (including phenoxy) is 1. The lowest BCUT2D eigenvalue weighted by Gasteiger charge is -2.23. The third-order valence-electron chi connectivity index (χ3n) is 5.30. The van der Waals surface area contributed by atoms with E-state index in [0.29, 0.717) is 5.69 Å². The molecule has 0 unspecified atom stereocenters. The lowest BCUT2D eigenvalue weighted by Crippen LogP contribution is -2.37. The van der Waals surface area contributed by atoms with Crippen LogP contribution in [0.5, 0.6) is 0 Å². The predicted octanol–water partition coefficient (Wildman–Crippen LogP) is 5.60. The first-order valence-corrected chi connectivity index (χ1v) is 10.4. The molecule has 0 fully saturated rings. The molecule has 3 aromatic carbocycles. The minimum Gasteiger partial charge on any atom is -0.480 e. The monoisotopic (exact) mass is 465 g/mol. The van der Waals surface area contributed by atoms with E-state index in [4.69, 9.17) is 4.74 Å². The van der Waals surface area contributed by atoms with Gasteiger partial charge >= 0.3 is 12.1 Å². The van der Waals surface area contributed by atoms with Crippen molar-refractivity contribution in [2.24, 2.45) is 0 Å². The summed E-state index contributed by atoms with van der Waals surface area (Å²) in [4.78, 5) is 25.5. The Morgan fingerprint density at radius 1 is 1.00 bits per heavy atom. The van der Waals surface area contributed by atoms with Crippen LogP contribution in [0, 0.1) is 6.92 Å². The maximum atomic E-state index is 12.9. The Balaban J connectivity index is 1.59. The fourth-order valence-electron chi connectivity index (χ4n) is 3.98. The molecule has 1 aliphatic carbocycles. The highest BCUT2D eigenvalue weighted by molar-refractivity contribution is 9.10. The molecular weight excluding hydrogens is 446 g/mol. The summed E-state index contributed by atoms with van der Waals surface area (Å²) in [7, 11) is 0. The summed E-state index contributed by atoms with van der Waals surface area (Å²) >= 11 is 3.39. The van der Waals surface area contributed by atoms with Gasteiger partial charge in [-0.3, -0.25) is 9.69 Å². The van der Waals surface area contributed by atoms with Gasteiger partial charge in [-0.15, -0.1) is 0 Å². The van der Waals surface area contributed by atoms with Crippen LogP contribution in [-0.2, 0) is 9.53 Å². The SMILES string of the molecule is Cc1cc(Br)ccc1N(CC(=O)O)C(=O)OCC1c2ccccc2-c2ccccc21. The number of anilines is 1. The number of amides is 1. The van der Waals surface area contributed by atoms with Gasteiger partial charge in [-0.2, -0.15) is 0 Å². The van der Waals surface area contributed by atoms with Crippen LogP contribution >= 0.6 is 15.9 Å². The van der Waals surface area contributed by atoms with Crippen molar-refractivity contribution < 1.29 is 19.4 Å². The van der Waals surface area contributed by atoms with Crippen molar-refractivity contribution >= 4 is 33.7 Å². The molecule has 0 heterocycles. The number of hydrogen-bond acceptors (Lipinski definition) is 3. The summed E-state index contributed by atoms with van der Waals surface area (Å²) in [6.07, 6.45) is -0.676. The zero-order valence-electron chi connectivity index (χ0n) is 16.3. The second kappa shape index (κ2) is 8.32. The minimum atomic E-state index is -1.11. The number of carboxylic acid groups (broad SMARTS) is 1. The largest absolute Gasteiger partial charge is 0.480 e. The third kappa shape index (κ3) is 3.83. The van der Waals surface area contributed by atoms with Crippen molar-refractivity contribution in [3.8, 4) is 11.1 Å². The van der Waals surface area contributed by atoms with E-state index in [1.165, 1.54) is 0 Å². The lowest BCUT2D eigenvalue weighted by molar-refractivity contribution is -0.135. The third-order valence-corrected chi connectivity index (χ3v) is 5.79. The van der Waals surface area contributed by atoms with Crippen molar-refractivity contribution in [2.45, 2.75) is 12.8 Å². The maximum Gasteiger partial charge on any atom is 0.414 e. The zero-order valence-corrected chi connectivity index (χ0v) is 17.9. The van der Waals surface area contributed by atoms with Crippen LogP contribution < -0.4 is 4.90 Å². The zero-order chi connectivity index (χ0) is 21.3. The standard InChI is InChI=1S/C24H20BrNO4/c1-15-12-16(25)10-11-22(15)26(13-23(27)28)24(29)30-14-21-19-8-4-2-6-17(19)18-7-3-5-9-20(18)21/h2-12,21H,13-14H2,1H3,(H,27,28). The molecule has 0 atom stereocenters. The molecule has 6 heteroatoms. The normalized spacial score (nSPS) is 12.2. The Bertz CT molecular complexity index is 1080. The Morgan fingerprint density at radius 2 is 1.60 bits per heavy atom. The Labute approximate surface area is 183 Å². The number of carbonyl (C=O) groups is 2. The quantitative estimate of drug-likeness (QED) is 0.532. The second-order valence-electron chi connectivity index (χ2n) is 7.21. The van der Waals surface area contributed by atoms with Gasteiger partial charge in [0, 0.05) is 10.4 Å². The number of carbonyl (C=O) groups excluding carboxylic acids is 1. The number of hydrogen-bond donors (Lipinski definition) is 1. The molecule has 152 valence electrons. The highest BCUT2D eigenvalue weighted by atomic mass is 79.9. The van der Waals surface area contributed by atoms with Gasteiger partial charge in [-0.05, 0) is 52.9 Å². The molecule has 1 N–H and O–H groups in total. The second-order valence-corrected chi connectivity index (χ2v) is 8.13. The van der Waals surface area contributed by atoms with Crippen LogP contribution in [0.3, 0.4) is 0 Å². The molecule has 3 aromatic rings. The number of fused-ring (bicyclic) bond motifs is 3. The molecule has 0 spiro atoms. The summed E-state index contributed by atoms with van der Waals surface area (Å²) < 4.78 is 6.51. The fourth-order valence-corrected chi connectivity index (χ4v) is 4.45. The number of aryl methyl sites for hydroxylation is 1. The summed E-state index contributed by atoms with van der Waals surface area (Å²) in [6, 6.07) is 21.5. The number of nitrogens with zero attached hydrogens (tertiary/aromatic N) is 1. The summed E-state index contributed by atoms with van der Waals surface area (Å²) in [5, 5.41) is 9.32. The number of benzene rings is 3. The van der Waals surface area contributed by atoms with Gasteiger partial charge in [0.15, 0.2) is 0 Å². The molecule has 4 rings (SSSR count). The van der Waals surface area contributed by atoms with Crippen molar-refractivity contribution in [1.82, 2.24) is 0 Å². The molecule has 0 saturated carbocycles. The number of rotatable bonds is 5. The average molecular weight is 466 g/mol. The molecule has 0 aromatic heterocycles. The molecule has 30 heavy (non-hydrogen) atoms. The van der Waals surface area contributed by atoms with Crippen molar-refractivity contribution in [2.75, 3.05) is 18.1 Å². The van der Waals surface area contributed by atoms with Crippen LogP contribution in [0.4, 0.5) is 10.5 Å². The van der Waals surface area contributed by atoms with Crippen LogP contribution in [0.1, 0.15) is 22.6 Å². The van der Waals surface area contributed by atoms with E-state index in [9.17, 15) is 14.7 Å². The first-order valence-electron chi connectivity index (χ1n) is 9.56. The number of aliphatic carboxylic acids is 1. The molecular formula is C24H20BrNO4. The minimum absolute atomic E-state index is 0.0842. The summed E-state index contributed by atoms with van der Waals surface area (Å²) in [6.45, 7) is 1.49. The maximum absolute atomic E-state index is 12.9. The predicted molar refractivity (Wildman–Crippen MR) is 119 cm³/mol. The molecule has 1 amide bonds. The average Bonchev–Trinajstić information content (AvgIpc) is 3.04. The first-order chi connectivity index (χ1) is 14.5. The van der Waals surface area contributed by atoms with E-state index in [2.05, 4.69) is 28.1 Å². The van der Waals surface area contributed by atoms with Gasteiger partial charge in [0.1, 0.15) is 13.2 Å². The molecule has 5 nitrogen and oxygen atoms in total. The lowest BCUT2D eigenvalue weighted by atomic mass is 9.98. The fraction of sp³-hybridized carbons (Fsp3) is 0.167. The van der Waals surface area contributed by atoms with Crippen LogP contribution in [0.15, 0.2) is 71.2 Å². The molecule has 0 aliphatic heterocycles. The van der Waals surface area contributed by atoms with Crippen LogP contribution in [-0.4, -0.2) is 30.3 Å². The molecule has 0 radical (unpaired) electrons. The van der Waals surface area contributed by atoms with E-state index < -0.39 is 18.6 Å². The Morgan fingerprint density at radius 3 is 2.17 bits per heavy atom. The van der Waals surface area contributed by atoms with Gasteiger partial charge in [0.25, 0.3) is 0 Å². The Kier molecular flexibility index (Phi) is 5.59. The van der Waals surface area contributed by atoms with E-state index in [1.54, 1.807) is 12.1 Å². The summed E-state index contributed by atoms with van der Waals surface area (Å²) in [5.74, 6) is -1.19. The molecule has 0 bridgehead atoms. The summed E-state index contributed by atoms with van der Waals surface area (Å²) in [5.41, 5.74) is 5.78. The van der Waals surface area contributed by atoms with Gasteiger partial charge in [0.05, 0.1) is 5.69 Å². The molecule has 1 aliphatic rings. The van der Waals surface area contributed by atoms with E-state index >= 15 is 0 Å². The Hall–Kier alpha value is -3.12. The van der Waals surface area contributed by atoms with Crippen molar-refractivity contribution in [3.63, 3.8) is 0 Å². The van der Waals surface area contributed by atoms with E-state index in [0.717, 1.165) is 37.2 Å². The smallest absolute Gasteiger partial charge is 0.414 e. The van der Waals surface area contributed by atoms with Crippen molar-refractivity contribution in [3.05, 3.63) is 87.9 Å². The first kappa shape index (κ1) is 20.2. The highest BCUT2D eigenvalue weighted by Gasteiger charge is 2.30. The van der Waals surface area contributed by atoms with Crippen molar-refractivity contribution in [1.29, 1.82) is 0 Å². The van der Waals surface area contributed by atoms with Gasteiger partial charge in [-0.25, -0.2) is 4.79 Å². The van der Waals surface area contributed by atoms with Crippen LogP contribution in [0.2, 0.25) is 0 Å². The van der Waals surface area contributed by atoms with E-state index in [1.807, 2.05) is 49.4 Å². The number of carboxylic acids is 1. The van der Waals surface area contributed by atoms with Gasteiger partial charge in [-0.1, -0.05) is 64.5 Å². The molecule has 0 saturated heterocycles.